The number of carbonyl (C=O) groups excluding carboxylic acids is 2. The van der Waals surface area contributed by atoms with Gasteiger partial charge in [-0.2, -0.15) is 0 Å². The second-order valence-corrected chi connectivity index (χ2v) is 7.46. The van der Waals surface area contributed by atoms with Crippen molar-refractivity contribution < 1.29 is 14.3 Å². The molecule has 0 radical (unpaired) electrons. The first-order valence-corrected chi connectivity index (χ1v) is 9.44. The quantitative estimate of drug-likeness (QED) is 0.827. The molecule has 1 saturated carbocycles. The molecule has 0 bridgehead atoms. The number of aromatic nitrogens is 1. The Hall–Kier alpha value is -1.78. The van der Waals surface area contributed by atoms with Gasteiger partial charge in [0.2, 0.25) is 0 Å². The number of hydrogen-bond acceptors (Lipinski definition) is 3. The summed E-state index contributed by atoms with van der Waals surface area (Å²) in [5.41, 5.74) is 2.44. The number of amides is 1. The molecule has 140 valence electrons. The van der Waals surface area contributed by atoms with Crippen molar-refractivity contribution in [2.75, 3.05) is 0 Å². The average molecular weight is 348 g/mol. The smallest absolute Gasteiger partial charge is 0.340 e. The third-order valence-electron chi connectivity index (χ3n) is 5.80. The van der Waals surface area contributed by atoms with Crippen molar-refractivity contribution in [3.63, 3.8) is 0 Å². The summed E-state index contributed by atoms with van der Waals surface area (Å²) in [5.74, 6) is 0.421. The molecule has 0 aromatic carbocycles. The molecular weight excluding hydrogens is 316 g/mol. The van der Waals surface area contributed by atoms with Crippen molar-refractivity contribution in [3.8, 4) is 0 Å². The van der Waals surface area contributed by atoms with Crippen LogP contribution in [0.2, 0.25) is 0 Å². The summed E-state index contributed by atoms with van der Waals surface area (Å²) in [6, 6.07) is 2.00. The van der Waals surface area contributed by atoms with Crippen LogP contribution in [0.25, 0.3) is 0 Å². The standard InChI is InChI=1S/C20H32N2O3/c1-7-22-13(3)11-17(15(22)5)20(24)25-16(6)19(23)21-18-10-8-9-12(2)14(18)4/h11-12,14,16,18H,7-10H2,1-6H3,(H,21,23)/t12-,14-,16+,18-/m0/s1. The minimum absolute atomic E-state index is 0.169. The second kappa shape index (κ2) is 8.07. The third-order valence-corrected chi connectivity index (χ3v) is 5.80. The van der Waals surface area contributed by atoms with Crippen molar-refractivity contribution in [3.05, 3.63) is 23.0 Å². The Bertz CT molecular complexity index is 635. The van der Waals surface area contributed by atoms with Gasteiger partial charge in [0.1, 0.15) is 0 Å². The second-order valence-electron chi connectivity index (χ2n) is 7.46. The zero-order valence-corrected chi connectivity index (χ0v) is 16.4. The van der Waals surface area contributed by atoms with Crippen molar-refractivity contribution in [2.45, 2.75) is 79.5 Å². The van der Waals surface area contributed by atoms with Gasteiger partial charge in [-0.15, -0.1) is 0 Å². The van der Waals surface area contributed by atoms with E-state index in [9.17, 15) is 9.59 Å². The Kier molecular flexibility index (Phi) is 6.31. The number of aryl methyl sites for hydroxylation is 1. The molecule has 1 amide bonds. The maximum Gasteiger partial charge on any atom is 0.340 e. The Labute approximate surface area is 151 Å². The molecule has 1 heterocycles. The molecule has 5 heteroatoms. The molecule has 4 atom stereocenters. The van der Waals surface area contributed by atoms with Crippen LogP contribution in [0.3, 0.4) is 0 Å². The fourth-order valence-electron chi connectivity index (χ4n) is 3.86. The van der Waals surface area contributed by atoms with Crippen LogP contribution in [0, 0.1) is 25.7 Å². The molecule has 0 aliphatic heterocycles. The van der Waals surface area contributed by atoms with Crippen LogP contribution in [0.4, 0.5) is 0 Å². The van der Waals surface area contributed by atoms with Crippen LogP contribution >= 0.6 is 0 Å². The van der Waals surface area contributed by atoms with Gasteiger partial charge in [-0.3, -0.25) is 4.79 Å². The Morgan fingerprint density at radius 2 is 2.00 bits per heavy atom. The minimum Gasteiger partial charge on any atom is -0.449 e. The zero-order chi connectivity index (χ0) is 18.7. The predicted octanol–water partition coefficient (Wildman–Crippen LogP) is 3.61. The van der Waals surface area contributed by atoms with Gasteiger partial charge in [0, 0.05) is 24.0 Å². The van der Waals surface area contributed by atoms with Crippen molar-refractivity contribution in [1.82, 2.24) is 9.88 Å². The SMILES string of the molecule is CCn1c(C)cc(C(=O)O[C@H](C)C(=O)N[C@H]2CCC[C@H](C)[C@@H]2C)c1C. The molecule has 1 fully saturated rings. The topological polar surface area (TPSA) is 60.3 Å². The highest BCUT2D eigenvalue weighted by Crippen LogP contribution is 2.29. The Morgan fingerprint density at radius 3 is 2.60 bits per heavy atom. The first-order valence-electron chi connectivity index (χ1n) is 9.44. The monoisotopic (exact) mass is 348 g/mol. The number of carbonyl (C=O) groups is 2. The van der Waals surface area contributed by atoms with Gasteiger partial charge in [-0.25, -0.2) is 4.79 Å². The maximum absolute atomic E-state index is 12.5. The largest absolute Gasteiger partial charge is 0.449 e. The van der Waals surface area contributed by atoms with Gasteiger partial charge in [-0.1, -0.05) is 26.7 Å². The van der Waals surface area contributed by atoms with Gasteiger partial charge in [-0.05, 0) is 52.0 Å². The molecule has 5 nitrogen and oxygen atoms in total. The van der Waals surface area contributed by atoms with E-state index in [4.69, 9.17) is 4.74 Å². The molecule has 1 N–H and O–H groups in total. The average Bonchev–Trinajstić information content (AvgIpc) is 2.85. The van der Waals surface area contributed by atoms with Crippen LogP contribution in [-0.4, -0.2) is 28.6 Å². The number of ether oxygens (including phenoxy) is 1. The molecule has 25 heavy (non-hydrogen) atoms. The van der Waals surface area contributed by atoms with Crippen LogP contribution in [-0.2, 0) is 16.1 Å². The normalized spacial score (nSPS) is 24.6. The maximum atomic E-state index is 12.5. The van der Waals surface area contributed by atoms with E-state index in [1.807, 2.05) is 26.8 Å². The molecule has 1 aromatic heterocycles. The van der Waals surface area contributed by atoms with E-state index < -0.39 is 12.1 Å². The van der Waals surface area contributed by atoms with Crippen LogP contribution < -0.4 is 5.32 Å². The minimum atomic E-state index is -0.790. The van der Waals surface area contributed by atoms with Crippen molar-refractivity contribution in [2.24, 2.45) is 11.8 Å². The predicted molar refractivity (Wildman–Crippen MR) is 98.6 cm³/mol. The molecular formula is C20H32N2O3. The third kappa shape index (κ3) is 4.25. The van der Waals surface area contributed by atoms with E-state index in [1.54, 1.807) is 6.92 Å². The summed E-state index contributed by atoms with van der Waals surface area (Å²) in [6.07, 6.45) is 2.55. The molecule has 0 spiro atoms. The number of esters is 1. The summed E-state index contributed by atoms with van der Waals surface area (Å²) < 4.78 is 7.49. The lowest BCUT2D eigenvalue weighted by atomic mass is 9.78. The molecule has 1 aliphatic carbocycles. The molecule has 0 unspecified atom stereocenters. The van der Waals surface area contributed by atoms with Gasteiger partial charge >= 0.3 is 5.97 Å². The molecule has 2 rings (SSSR count). The highest BCUT2D eigenvalue weighted by molar-refractivity contribution is 5.93. The fraction of sp³-hybridized carbons (Fsp3) is 0.700. The summed E-state index contributed by atoms with van der Waals surface area (Å²) in [4.78, 5) is 24.9. The summed E-state index contributed by atoms with van der Waals surface area (Å²) in [6.45, 7) is 12.8. The molecule has 1 aromatic rings. The van der Waals surface area contributed by atoms with Gasteiger partial charge < -0.3 is 14.6 Å². The van der Waals surface area contributed by atoms with Gasteiger partial charge in [0.05, 0.1) is 5.56 Å². The van der Waals surface area contributed by atoms with E-state index in [1.165, 1.54) is 6.42 Å². The number of hydrogen-bond donors (Lipinski definition) is 1. The van der Waals surface area contributed by atoms with Crippen LogP contribution in [0.5, 0.6) is 0 Å². The lowest BCUT2D eigenvalue weighted by Gasteiger charge is -2.35. The summed E-state index contributed by atoms with van der Waals surface area (Å²) >= 11 is 0. The first-order chi connectivity index (χ1) is 11.8. The lowest BCUT2D eigenvalue weighted by molar-refractivity contribution is -0.130. The van der Waals surface area contributed by atoms with E-state index in [-0.39, 0.29) is 11.9 Å². The number of nitrogens with one attached hydrogen (secondary N) is 1. The zero-order valence-electron chi connectivity index (χ0n) is 16.4. The highest BCUT2D eigenvalue weighted by atomic mass is 16.5. The first kappa shape index (κ1) is 19.5. The molecule has 0 saturated heterocycles. The summed E-state index contributed by atoms with van der Waals surface area (Å²) in [7, 11) is 0. The Morgan fingerprint density at radius 1 is 1.32 bits per heavy atom. The van der Waals surface area contributed by atoms with Gasteiger partial charge in [0.25, 0.3) is 5.91 Å². The van der Waals surface area contributed by atoms with Crippen molar-refractivity contribution >= 4 is 11.9 Å². The van der Waals surface area contributed by atoms with Crippen LogP contribution in [0.1, 0.15) is 68.7 Å². The van der Waals surface area contributed by atoms with E-state index in [0.29, 0.717) is 17.4 Å². The van der Waals surface area contributed by atoms with E-state index >= 15 is 0 Å². The lowest BCUT2D eigenvalue weighted by Crippen LogP contribution is -2.47. The number of rotatable bonds is 5. The highest BCUT2D eigenvalue weighted by Gasteiger charge is 2.30. The van der Waals surface area contributed by atoms with Crippen molar-refractivity contribution in [1.29, 1.82) is 0 Å². The van der Waals surface area contributed by atoms with Gasteiger partial charge in [0.15, 0.2) is 6.10 Å². The number of nitrogens with zero attached hydrogens (tertiary/aromatic N) is 1. The summed E-state index contributed by atoms with van der Waals surface area (Å²) in [5, 5.41) is 3.08. The van der Waals surface area contributed by atoms with E-state index in [2.05, 4.69) is 23.7 Å². The van der Waals surface area contributed by atoms with E-state index in [0.717, 1.165) is 30.8 Å². The fourth-order valence-corrected chi connectivity index (χ4v) is 3.86. The molecule has 1 aliphatic rings. The Balaban J connectivity index is 1.98. The van der Waals surface area contributed by atoms with Crippen LogP contribution in [0.15, 0.2) is 6.07 Å².